The van der Waals surface area contributed by atoms with Gasteiger partial charge in [-0.15, -0.1) is 11.8 Å². The summed E-state index contributed by atoms with van der Waals surface area (Å²) in [6, 6.07) is 0. The Morgan fingerprint density at radius 2 is 2.33 bits per heavy atom. The number of hydrogen-bond acceptors (Lipinski definition) is 4. The molecular weight excluding hydrogens is 156 g/mol. The lowest BCUT2D eigenvalue weighted by molar-refractivity contribution is 0.200. The van der Waals surface area contributed by atoms with E-state index in [0.717, 1.165) is 12.4 Å². The second kappa shape index (κ2) is 8.62. The van der Waals surface area contributed by atoms with Gasteiger partial charge in [-0.25, -0.2) is 0 Å². The zero-order valence-corrected chi connectivity index (χ0v) is 7.13. The molecule has 56 valence electrons. The minimum atomic E-state index is 0.152. The van der Waals surface area contributed by atoms with Crippen LogP contribution in [0.25, 0.3) is 0 Å². The van der Waals surface area contributed by atoms with Crippen molar-refractivity contribution in [3.05, 3.63) is 0 Å². The van der Waals surface area contributed by atoms with Crippen LogP contribution in [0.1, 0.15) is 0 Å². The molecule has 0 fully saturated rings. The molecule has 0 unspecified atom stereocenters. The van der Waals surface area contributed by atoms with E-state index in [2.05, 4.69) is 0 Å². The van der Waals surface area contributed by atoms with Gasteiger partial charge in [-0.1, -0.05) is 0 Å². The van der Waals surface area contributed by atoms with Gasteiger partial charge >= 0.3 is 0 Å². The van der Waals surface area contributed by atoms with Gasteiger partial charge in [0.15, 0.2) is 0 Å². The summed E-state index contributed by atoms with van der Waals surface area (Å²) in [6.45, 7) is 0.786. The van der Waals surface area contributed by atoms with Crippen molar-refractivity contribution in [1.29, 1.82) is 0 Å². The lowest BCUT2D eigenvalue weighted by Crippen LogP contribution is -1.96. The van der Waals surface area contributed by atoms with E-state index in [1.165, 1.54) is 11.8 Å². The van der Waals surface area contributed by atoms with Crippen LogP contribution >= 0.6 is 23.5 Å². The fourth-order valence-electron chi connectivity index (χ4n) is 0.297. The molecule has 0 saturated heterocycles. The normalized spacial score (nSPS) is 10.0. The Morgan fingerprint density at radius 1 is 1.56 bits per heavy atom. The first kappa shape index (κ1) is 9.62. The molecule has 0 radical (unpaired) electrons. The van der Waals surface area contributed by atoms with Crippen molar-refractivity contribution in [2.24, 2.45) is 0 Å². The number of aliphatic hydroxyl groups is 1. The van der Waals surface area contributed by atoms with Crippen LogP contribution in [0.4, 0.5) is 0 Å². The second-order valence-corrected chi connectivity index (χ2v) is 3.24. The van der Waals surface area contributed by atoms with Gasteiger partial charge in [0.05, 0.1) is 18.5 Å². The van der Waals surface area contributed by atoms with E-state index in [-0.39, 0.29) is 5.94 Å². The highest BCUT2D eigenvalue weighted by Gasteiger charge is 1.85. The summed E-state index contributed by atoms with van der Waals surface area (Å²) in [6.07, 6.45) is 2.04. The number of aliphatic hydroxyl groups excluding tert-OH is 1. The first-order chi connectivity index (χ1) is 4.41. The van der Waals surface area contributed by atoms with Gasteiger partial charge in [-0.3, -0.25) is 0 Å². The van der Waals surface area contributed by atoms with Gasteiger partial charge in [-0.2, -0.15) is 11.8 Å². The minimum Gasteiger partial charge on any atom is -0.386 e. The van der Waals surface area contributed by atoms with Crippen molar-refractivity contribution >= 4 is 23.5 Å². The van der Waals surface area contributed by atoms with Crippen LogP contribution in [0.2, 0.25) is 0 Å². The standard InChI is InChI=1S/C5H12O2S2/c1-8-3-2-7-5-9-4-6/h6H,2-5H2,1H3. The molecule has 0 aromatic heterocycles. The topological polar surface area (TPSA) is 29.5 Å². The van der Waals surface area contributed by atoms with Crippen molar-refractivity contribution in [1.82, 2.24) is 0 Å². The van der Waals surface area contributed by atoms with Crippen molar-refractivity contribution in [2.45, 2.75) is 0 Å². The third kappa shape index (κ3) is 8.62. The van der Waals surface area contributed by atoms with Gasteiger partial charge in [0, 0.05) is 5.75 Å². The minimum absolute atomic E-state index is 0.152. The van der Waals surface area contributed by atoms with Crippen LogP contribution in [0.15, 0.2) is 0 Å². The van der Waals surface area contributed by atoms with Gasteiger partial charge in [-0.05, 0) is 6.26 Å². The average Bonchev–Trinajstić information content (AvgIpc) is 1.89. The summed E-state index contributed by atoms with van der Waals surface area (Å²) in [7, 11) is 0. The first-order valence-corrected chi connectivity index (χ1v) is 5.22. The average molecular weight is 168 g/mol. The van der Waals surface area contributed by atoms with Crippen molar-refractivity contribution in [3.63, 3.8) is 0 Å². The predicted molar refractivity (Wildman–Crippen MR) is 43.9 cm³/mol. The van der Waals surface area contributed by atoms with Crippen LogP contribution in [0.3, 0.4) is 0 Å². The van der Waals surface area contributed by atoms with Gasteiger partial charge in [0.2, 0.25) is 0 Å². The van der Waals surface area contributed by atoms with Crippen LogP contribution in [-0.2, 0) is 4.74 Å². The van der Waals surface area contributed by atoms with E-state index in [1.54, 1.807) is 11.8 Å². The number of thioether (sulfide) groups is 2. The molecule has 0 amide bonds. The van der Waals surface area contributed by atoms with Crippen molar-refractivity contribution in [3.8, 4) is 0 Å². The molecule has 0 aliphatic rings. The van der Waals surface area contributed by atoms with Gasteiger partial charge in [0.1, 0.15) is 0 Å². The lowest BCUT2D eigenvalue weighted by Gasteiger charge is -1.98. The lowest BCUT2D eigenvalue weighted by atomic mass is 10.9. The molecule has 0 aliphatic carbocycles. The molecule has 0 aromatic rings. The SMILES string of the molecule is CSCCOCSCO. The number of ether oxygens (including phenoxy) is 1. The number of hydrogen-bond donors (Lipinski definition) is 1. The van der Waals surface area contributed by atoms with E-state index >= 15 is 0 Å². The smallest absolute Gasteiger partial charge is 0.0943 e. The fraction of sp³-hybridized carbons (Fsp3) is 1.00. The van der Waals surface area contributed by atoms with Crippen LogP contribution < -0.4 is 0 Å². The zero-order chi connectivity index (χ0) is 6.95. The van der Waals surface area contributed by atoms with E-state index in [0.29, 0.717) is 5.94 Å². The van der Waals surface area contributed by atoms with E-state index in [4.69, 9.17) is 9.84 Å². The molecule has 1 N–H and O–H groups in total. The molecule has 0 saturated carbocycles. The summed E-state index contributed by atoms with van der Waals surface area (Å²) in [4.78, 5) is 0. The maximum Gasteiger partial charge on any atom is 0.0943 e. The van der Waals surface area contributed by atoms with E-state index in [9.17, 15) is 0 Å². The highest BCUT2D eigenvalue weighted by Crippen LogP contribution is 1.98. The summed E-state index contributed by atoms with van der Waals surface area (Å²) in [5.41, 5.74) is 0. The molecule has 2 nitrogen and oxygen atoms in total. The Hall–Kier alpha value is 0.620. The van der Waals surface area contributed by atoms with Crippen LogP contribution in [-0.4, -0.2) is 35.6 Å². The molecule has 0 atom stereocenters. The van der Waals surface area contributed by atoms with Crippen molar-refractivity contribution < 1.29 is 9.84 Å². The summed E-state index contributed by atoms with van der Waals surface area (Å²) < 4.78 is 5.10. The maximum absolute atomic E-state index is 8.30. The molecule has 0 aliphatic heterocycles. The molecule has 0 rings (SSSR count). The Kier molecular flexibility index (Phi) is 9.21. The third-order valence-electron chi connectivity index (χ3n) is 0.690. The molecule has 0 bridgehead atoms. The van der Waals surface area contributed by atoms with Crippen LogP contribution in [0.5, 0.6) is 0 Å². The summed E-state index contributed by atoms with van der Waals surface area (Å²) in [5, 5.41) is 8.30. The first-order valence-electron chi connectivity index (χ1n) is 2.67. The van der Waals surface area contributed by atoms with Gasteiger partial charge in [0.25, 0.3) is 0 Å². The zero-order valence-electron chi connectivity index (χ0n) is 5.50. The van der Waals surface area contributed by atoms with Gasteiger partial charge < -0.3 is 9.84 Å². The Labute approximate surface area is 64.4 Å². The largest absolute Gasteiger partial charge is 0.386 e. The predicted octanol–water partition coefficient (Wildman–Crippen LogP) is 1.01. The molecule has 0 heterocycles. The molecule has 9 heavy (non-hydrogen) atoms. The van der Waals surface area contributed by atoms with E-state index in [1.807, 2.05) is 6.26 Å². The summed E-state index contributed by atoms with van der Waals surface area (Å²) >= 11 is 3.15. The molecule has 0 spiro atoms. The highest BCUT2D eigenvalue weighted by molar-refractivity contribution is 7.99. The Morgan fingerprint density at radius 3 is 2.89 bits per heavy atom. The summed E-state index contributed by atoms with van der Waals surface area (Å²) in [5.74, 6) is 1.79. The third-order valence-corrected chi connectivity index (χ3v) is 1.78. The van der Waals surface area contributed by atoms with Crippen LogP contribution in [0, 0.1) is 0 Å². The monoisotopic (exact) mass is 168 g/mol. The fourth-order valence-corrected chi connectivity index (χ4v) is 0.892. The maximum atomic E-state index is 8.30. The second-order valence-electron chi connectivity index (χ2n) is 1.35. The Balaban J connectivity index is 2.60. The molecular formula is C5H12O2S2. The van der Waals surface area contributed by atoms with E-state index < -0.39 is 0 Å². The Bertz CT molecular complexity index is 46.2. The molecule has 0 aromatic carbocycles. The quantitative estimate of drug-likeness (QED) is 0.473. The highest BCUT2D eigenvalue weighted by atomic mass is 32.2. The molecule has 4 heteroatoms. The van der Waals surface area contributed by atoms with Crippen molar-refractivity contribution in [2.75, 3.05) is 30.5 Å². The number of rotatable bonds is 6.